The van der Waals surface area contributed by atoms with E-state index in [2.05, 4.69) is 11.2 Å². The zero-order valence-corrected chi connectivity index (χ0v) is 9.89. The Bertz CT molecular complexity index is 564. The van der Waals surface area contributed by atoms with Gasteiger partial charge in [-0.3, -0.25) is 4.79 Å². The largest absolute Gasteiger partial charge is 0.341 e. The van der Waals surface area contributed by atoms with Crippen LogP contribution in [-0.2, 0) is 0 Å². The van der Waals surface area contributed by atoms with E-state index in [0.29, 0.717) is 5.56 Å². The van der Waals surface area contributed by atoms with E-state index in [-0.39, 0.29) is 12.5 Å². The third-order valence-corrected chi connectivity index (χ3v) is 2.61. The maximum Gasteiger partial charge on any atom is 0.252 e. The number of carbonyl (C=O) groups is 1. The summed E-state index contributed by atoms with van der Waals surface area (Å²) in [6, 6.07) is 17.5. The van der Waals surface area contributed by atoms with Gasteiger partial charge in [-0.15, -0.1) is 6.42 Å². The fraction of sp³-hybridized carbons (Fsp3) is 0.0625. The summed E-state index contributed by atoms with van der Waals surface area (Å²) in [5.41, 5.74) is 2.84. The van der Waals surface area contributed by atoms with Crippen molar-refractivity contribution in [3.05, 3.63) is 60.2 Å². The lowest BCUT2D eigenvalue weighted by Crippen LogP contribution is -2.23. The Labute approximate surface area is 107 Å². The summed E-state index contributed by atoms with van der Waals surface area (Å²) >= 11 is 0. The van der Waals surface area contributed by atoms with Gasteiger partial charge in [0.25, 0.3) is 5.91 Å². The van der Waals surface area contributed by atoms with Gasteiger partial charge >= 0.3 is 0 Å². The highest BCUT2D eigenvalue weighted by atomic mass is 16.1. The van der Waals surface area contributed by atoms with Crippen LogP contribution in [-0.4, -0.2) is 12.5 Å². The van der Waals surface area contributed by atoms with Crippen molar-refractivity contribution in [3.63, 3.8) is 0 Å². The monoisotopic (exact) mass is 235 g/mol. The predicted octanol–water partition coefficient (Wildman–Crippen LogP) is 2.72. The van der Waals surface area contributed by atoms with Crippen LogP contribution in [0.2, 0.25) is 0 Å². The third kappa shape index (κ3) is 2.78. The molecule has 1 amide bonds. The highest BCUT2D eigenvalue weighted by Gasteiger charge is 2.04. The molecule has 0 radical (unpaired) electrons. The number of hydrogen-bond acceptors (Lipinski definition) is 1. The van der Waals surface area contributed by atoms with Crippen molar-refractivity contribution >= 4 is 5.91 Å². The number of carbonyl (C=O) groups excluding carboxylic acids is 1. The molecule has 2 rings (SSSR count). The molecule has 88 valence electrons. The summed E-state index contributed by atoms with van der Waals surface area (Å²) in [5, 5.41) is 2.63. The second kappa shape index (κ2) is 5.70. The van der Waals surface area contributed by atoms with E-state index in [9.17, 15) is 4.79 Å². The van der Waals surface area contributed by atoms with E-state index in [4.69, 9.17) is 6.42 Å². The minimum absolute atomic E-state index is 0.146. The SMILES string of the molecule is C#CCNC(=O)c1ccc(-c2ccccc2)cc1. The van der Waals surface area contributed by atoms with Gasteiger partial charge in [0.05, 0.1) is 6.54 Å². The van der Waals surface area contributed by atoms with Crippen LogP contribution in [0.1, 0.15) is 10.4 Å². The summed E-state index contributed by atoms with van der Waals surface area (Å²) in [6.45, 7) is 0.249. The summed E-state index contributed by atoms with van der Waals surface area (Å²) in [4.78, 5) is 11.6. The Balaban J connectivity index is 2.16. The molecule has 0 aliphatic rings. The van der Waals surface area contributed by atoms with E-state index >= 15 is 0 Å². The van der Waals surface area contributed by atoms with E-state index in [0.717, 1.165) is 11.1 Å². The van der Waals surface area contributed by atoms with E-state index in [1.54, 1.807) is 12.1 Å². The molecule has 18 heavy (non-hydrogen) atoms. The van der Waals surface area contributed by atoms with Crippen LogP contribution >= 0.6 is 0 Å². The molecule has 0 spiro atoms. The van der Waals surface area contributed by atoms with Crippen LogP contribution in [0.3, 0.4) is 0 Å². The van der Waals surface area contributed by atoms with Gasteiger partial charge in [0.2, 0.25) is 0 Å². The Morgan fingerprint density at radius 2 is 1.61 bits per heavy atom. The molecule has 2 heteroatoms. The standard InChI is InChI=1S/C16H13NO/c1-2-12-17-16(18)15-10-8-14(9-11-15)13-6-4-3-5-7-13/h1,3-11H,12H2,(H,17,18). The van der Waals surface area contributed by atoms with Crippen molar-refractivity contribution in [2.75, 3.05) is 6.54 Å². The van der Waals surface area contributed by atoms with Crippen LogP contribution in [0.4, 0.5) is 0 Å². The highest BCUT2D eigenvalue weighted by molar-refractivity contribution is 5.94. The maximum atomic E-state index is 11.6. The zero-order valence-electron chi connectivity index (χ0n) is 9.89. The predicted molar refractivity (Wildman–Crippen MR) is 73.0 cm³/mol. The first-order chi connectivity index (χ1) is 8.81. The first-order valence-electron chi connectivity index (χ1n) is 5.68. The van der Waals surface area contributed by atoms with E-state index < -0.39 is 0 Å². The number of hydrogen-bond donors (Lipinski definition) is 1. The van der Waals surface area contributed by atoms with Crippen LogP contribution in [0.25, 0.3) is 11.1 Å². The molecule has 0 heterocycles. The second-order valence-electron chi connectivity index (χ2n) is 3.83. The topological polar surface area (TPSA) is 29.1 Å². The van der Waals surface area contributed by atoms with Gasteiger partial charge in [-0.05, 0) is 23.3 Å². The molecule has 0 aliphatic heterocycles. The van der Waals surface area contributed by atoms with Gasteiger partial charge in [0.1, 0.15) is 0 Å². The van der Waals surface area contributed by atoms with Gasteiger partial charge in [-0.2, -0.15) is 0 Å². The molecular formula is C16H13NO. The molecule has 0 saturated heterocycles. The highest BCUT2D eigenvalue weighted by Crippen LogP contribution is 2.19. The molecule has 0 atom stereocenters. The molecule has 0 unspecified atom stereocenters. The molecular weight excluding hydrogens is 222 g/mol. The van der Waals surface area contributed by atoms with Gasteiger partial charge in [-0.25, -0.2) is 0 Å². The number of nitrogens with one attached hydrogen (secondary N) is 1. The number of amides is 1. The quantitative estimate of drug-likeness (QED) is 0.814. The molecule has 2 aromatic rings. The molecule has 0 aliphatic carbocycles. The lowest BCUT2D eigenvalue weighted by Gasteiger charge is -2.04. The maximum absolute atomic E-state index is 11.6. The van der Waals surface area contributed by atoms with E-state index in [1.165, 1.54) is 0 Å². The molecule has 0 fully saturated rings. The van der Waals surface area contributed by atoms with Gasteiger partial charge in [-0.1, -0.05) is 48.4 Å². The number of benzene rings is 2. The Kier molecular flexibility index (Phi) is 3.78. The van der Waals surface area contributed by atoms with Crippen molar-refractivity contribution < 1.29 is 4.79 Å². The van der Waals surface area contributed by atoms with Crippen molar-refractivity contribution in [2.45, 2.75) is 0 Å². The number of rotatable bonds is 3. The van der Waals surface area contributed by atoms with Gasteiger partial charge < -0.3 is 5.32 Å². The molecule has 0 aromatic heterocycles. The Hall–Kier alpha value is -2.53. The van der Waals surface area contributed by atoms with Crippen molar-refractivity contribution in [2.24, 2.45) is 0 Å². The molecule has 2 nitrogen and oxygen atoms in total. The number of terminal acetylenes is 1. The minimum atomic E-state index is -0.146. The lowest BCUT2D eigenvalue weighted by molar-refractivity contribution is 0.0958. The molecule has 0 saturated carbocycles. The second-order valence-corrected chi connectivity index (χ2v) is 3.83. The van der Waals surface area contributed by atoms with Crippen LogP contribution in [0, 0.1) is 12.3 Å². The summed E-state index contributed by atoms with van der Waals surface area (Å²) in [5.74, 6) is 2.23. The smallest absolute Gasteiger partial charge is 0.252 e. The fourth-order valence-electron chi connectivity index (χ4n) is 1.68. The van der Waals surface area contributed by atoms with Crippen LogP contribution in [0.5, 0.6) is 0 Å². The first-order valence-corrected chi connectivity index (χ1v) is 5.68. The van der Waals surface area contributed by atoms with Crippen molar-refractivity contribution in [3.8, 4) is 23.5 Å². The van der Waals surface area contributed by atoms with Crippen molar-refractivity contribution in [1.82, 2.24) is 5.32 Å². The van der Waals surface area contributed by atoms with E-state index in [1.807, 2.05) is 42.5 Å². The molecule has 1 N–H and O–H groups in total. The lowest BCUT2D eigenvalue weighted by atomic mass is 10.0. The van der Waals surface area contributed by atoms with Gasteiger partial charge in [0, 0.05) is 5.56 Å². The third-order valence-electron chi connectivity index (χ3n) is 2.61. The average molecular weight is 235 g/mol. The average Bonchev–Trinajstić information content (AvgIpc) is 2.46. The van der Waals surface area contributed by atoms with Crippen LogP contribution < -0.4 is 5.32 Å². The Morgan fingerprint density at radius 1 is 1.00 bits per heavy atom. The fourth-order valence-corrected chi connectivity index (χ4v) is 1.68. The minimum Gasteiger partial charge on any atom is -0.341 e. The summed E-state index contributed by atoms with van der Waals surface area (Å²) in [6.07, 6.45) is 5.09. The molecule has 2 aromatic carbocycles. The first kappa shape index (κ1) is 11.9. The van der Waals surface area contributed by atoms with Crippen molar-refractivity contribution in [1.29, 1.82) is 0 Å². The zero-order chi connectivity index (χ0) is 12.8. The summed E-state index contributed by atoms with van der Waals surface area (Å²) in [7, 11) is 0. The Morgan fingerprint density at radius 3 is 2.22 bits per heavy atom. The van der Waals surface area contributed by atoms with Crippen LogP contribution in [0.15, 0.2) is 54.6 Å². The molecule has 0 bridgehead atoms. The normalized spacial score (nSPS) is 9.50. The van der Waals surface area contributed by atoms with Gasteiger partial charge in [0.15, 0.2) is 0 Å². The summed E-state index contributed by atoms with van der Waals surface area (Å²) < 4.78 is 0.